The second-order valence-electron chi connectivity index (χ2n) is 2.68. The summed E-state index contributed by atoms with van der Waals surface area (Å²) in [5.74, 6) is 0.292. The van der Waals surface area contributed by atoms with E-state index in [1.165, 1.54) is 6.26 Å². The van der Waals surface area contributed by atoms with E-state index in [2.05, 4.69) is 11.3 Å². The highest BCUT2D eigenvalue weighted by molar-refractivity contribution is 7.90. The summed E-state index contributed by atoms with van der Waals surface area (Å²) in [6.07, 6.45) is 3.40. The first-order valence-corrected chi connectivity index (χ1v) is 5.36. The van der Waals surface area contributed by atoms with Crippen molar-refractivity contribution in [2.45, 2.75) is 0 Å². The fourth-order valence-electron chi connectivity index (χ4n) is 0.789. The SMILES string of the molecule is CS(=O)(=O)CCN1C[CH]C1. The fraction of sp³-hybridized carbons (Fsp3) is 0.833. The van der Waals surface area contributed by atoms with Crippen LogP contribution in [0.25, 0.3) is 0 Å². The van der Waals surface area contributed by atoms with Crippen LogP contribution in [0.2, 0.25) is 0 Å². The highest BCUT2D eigenvalue weighted by atomic mass is 32.2. The van der Waals surface area contributed by atoms with Gasteiger partial charge in [0.15, 0.2) is 0 Å². The zero-order valence-electron chi connectivity index (χ0n) is 6.08. The highest BCUT2D eigenvalue weighted by Gasteiger charge is 2.15. The molecule has 0 atom stereocenters. The van der Waals surface area contributed by atoms with Crippen LogP contribution in [0.4, 0.5) is 0 Å². The molecular weight excluding hydrogens is 150 g/mol. The van der Waals surface area contributed by atoms with Gasteiger partial charge >= 0.3 is 0 Å². The second kappa shape index (κ2) is 2.88. The lowest BCUT2D eigenvalue weighted by Crippen LogP contribution is -2.40. The lowest BCUT2D eigenvalue weighted by atomic mass is 10.2. The molecule has 1 aliphatic rings. The van der Waals surface area contributed by atoms with E-state index in [9.17, 15) is 8.42 Å². The van der Waals surface area contributed by atoms with E-state index in [0.717, 1.165) is 13.1 Å². The van der Waals surface area contributed by atoms with Crippen LogP contribution in [0.1, 0.15) is 0 Å². The Bertz CT molecular complexity index is 194. The Morgan fingerprint density at radius 1 is 1.50 bits per heavy atom. The molecule has 0 aliphatic carbocycles. The molecular formula is C6H12NO2S. The van der Waals surface area contributed by atoms with Crippen LogP contribution in [0.5, 0.6) is 0 Å². The van der Waals surface area contributed by atoms with Gasteiger partial charge in [0, 0.05) is 25.9 Å². The van der Waals surface area contributed by atoms with E-state index >= 15 is 0 Å². The van der Waals surface area contributed by atoms with Crippen LogP contribution in [-0.4, -0.2) is 45.0 Å². The molecule has 0 saturated carbocycles. The molecule has 1 radical (unpaired) electrons. The van der Waals surface area contributed by atoms with Gasteiger partial charge in [0.25, 0.3) is 0 Å². The second-order valence-corrected chi connectivity index (χ2v) is 4.94. The zero-order valence-corrected chi connectivity index (χ0v) is 6.89. The summed E-state index contributed by atoms with van der Waals surface area (Å²) < 4.78 is 21.3. The van der Waals surface area contributed by atoms with Crippen molar-refractivity contribution in [3.05, 3.63) is 6.42 Å². The molecule has 0 amide bonds. The first-order chi connectivity index (χ1) is 4.58. The summed E-state index contributed by atoms with van der Waals surface area (Å²) in [4.78, 5) is 2.10. The molecule has 0 aromatic rings. The van der Waals surface area contributed by atoms with Gasteiger partial charge < -0.3 is 4.90 Å². The van der Waals surface area contributed by atoms with Crippen LogP contribution in [-0.2, 0) is 9.84 Å². The fourth-order valence-corrected chi connectivity index (χ4v) is 1.38. The molecule has 0 spiro atoms. The molecule has 0 aromatic heterocycles. The van der Waals surface area contributed by atoms with Crippen LogP contribution in [0.15, 0.2) is 0 Å². The molecule has 4 heteroatoms. The minimum absolute atomic E-state index is 0.292. The third-order valence-electron chi connectivity index (χ3n) is 1.55. The highest BCUT2D eigenvalue weighted by Crippen LogP contribution is 2.03. The van der Waals surface area contributed by atoms with Gasteiger partial charge in [-0.3, -0.25) is 0 Å². The number of likely N-dealkylation sites (tertiary alicyclic amines) is 1. The van der Waals surface area contributed by atoms with Gasteiger partial charge in [-0.2, -0.15) is 0 Å². The first-order valence-electron chi connectivity index (χ1n) is 3.30. The molecule has 59 valence electrons. The Morgan fingerprint density at radius 2 is 2.10 bits per heavy atom. The topological polar surface area (TPSA) is 37.4 Å². The Balaban J connectivity index is 2.16. The zero-order chi connectivity index (χ0) is 7.61. The summed E-state index contributed by atoms with van der Waals surface area (Å²) in [6.45, 7) is 2.60. The Hall–Kier alpha value is -0.0900. The maximum absolute atomic E-state index is 10.6. The molecule has 0 N–H and O–H groups in total. The van der Waals surface area contributed by atoms with E-state index in [1.54, 1.807) is 0 Å². The Morgan fingerprint density at radius 3 is 2.40 bits per heavy atom. The van der Waals surface area contributed by atoms with Crippen molar-refractivity contribution in [2.24, 2.45) is 0 Å². The molecule has 0 unspecified atom stereocenters. The van der Waals surface area contributed by atoms with Crippen LogP contribution < -0.4 is 0 Å². The summed E-state index contributed by atoms with van der Waals surface area (Å²) in [5, 5.41) is 0. The van der Waals surface area contributed by atoms with Crippen molar-refractivity contribution < 1.29 is 8.42 Å². The van der Waals surface area contributed by atoms with E-state index in [4.69, 9.17) is 0 Å². The van der Waals surface area contributed by atoms with Gasteiger partial charge in [-0.1, -0.05) is 0 Å². The summed E-state index contributed by atoms with van der Waals surface area (Å²) >= 11 is 0. The third-order valence-corrected chi connectivity index (χ3v) is 2.48. The van der Waals surface area contributed by atoms with Crippen molar-refractivity contribution in [3.8, 4) is 0 Å². The van der Waals surface area contributed by atoms with E-state index < -0.39 is 9.84 Å². The molecule has 1 saturated heterocycles. The summed E-state index contributed by atoms with van der Waals surface area (Å²) in [7, 11) is -2.75. The number of hydrogen-bond acceptors (Lipinski definition) is 3. The average molecular weight is 162 g/mol. The van der Waals surface area contributed by atoms with Gasteiger partial charge in [0.1, 0.15) is 9.84 Å². The largest absolute Gasteiger partial charge is 0.302 e. The number of sulfone groups is 1. The quantitative estimate of drug-likeness (QED) is 0.564. The molecule has 0 aromatic carbocycles. The molecule has 10 heavy (non-hydrogen) atoms. The third kappa shape index (κ3) is 2.66. The van der Waals surface area contributed by atoms with Gasteiger partial charge in [-0.15, -0.1) is 0 Å². The van der Waals surface area contributed by atoms with E-state index in [1.807, 2.05) is 0 Å². The standard InChI is InChI=1S/C6H12NO2S/c1-10(8,9)6-5-7-3-2-4-7/h2H,3-6H2,1H3. The van der Waals surface area contributed by atoms with Crippen molar-refractivity contribution in [3.63, 3.8) is 0 Å². The van der Waals surface area contributed by atoms with Gasteiger partial charge in [0.2, 0.25) is 0 Å². The van der Waals surface area contributed by atoms with Crippen LogP contribution >= 0.6 is 0 Å². The predicted octanol–water partition coefficient (Wildman–Crippen LogP) is -0.449. The van der Waals surface area contributed by atoms with Gasteiger partial charge in [-0.05, 0) is 6.42 Å². The molecule has 1 rings (SSSR count). The molecule has 1 aliphatic heterocycles. The predicted molar refractivity (Wildman–Crippen MR) is 40.5 cm³/mol. The number of nitrogens with zero attached hydrogens (tertiary/aromatic N) is 1. The van der Waals surface area contributed by atoms with E-state index in [0.29, 0.717) is 12.3 Å². The van der Waals surface area contributed by atoms with Crippen molar-refractivity contribution >= 4 is 9.84 Å². The van der Waals surface area contributed by atoms with Crippen molar-refractivity contribution in [1.82, 2.24) is 4.90 Å². The van der Waals surface area contributed by atoms with Gasteiger partial charge in [-0.25, -0.2) is 8.42 Å². The minimum Gasteiger partial charge on any atom is -0.302 e. The lowest BCUT2D eigenvalue weighted by Gasteiger charge is -2.29. The Kier molecular flexibility index (Phi) is 2.31. The van der Waals surface area contributed by atoms with E-state index in [-0.39, 0.29) is 0 Å². The van der Waals surface area contributed by atoms with Crippen molar-refractivity contribution in [1.29, 1.82) is 0 Å². The van der Waals surface area contributed by atoms with Crippen LogP contribution in [0, 0.1) is 6.42 Å². The normalized spacial score (nSPS) is 20.5. The summed E-state index contributed by atoms with van der Waals surface area (Å²) in [6, 6.07) is 0. The number of rotatable bonds is 3. The lowest BCUT2D eigenvalue weighted by molar-refractivity contribution is 0.259. The molecule has 0 bridgehead atoms. The molecule has 1 heterocycles. The maximum Gasteiger partial charge on any atom is 0.148 e. The molecule has 1 fully saturated rings. The smallest absolute Gasteiger partial charge is 0.148 e. The van der Waals surface area contributed by atoms with Crippen LogP contribution in [0.3, 0.4) is 0 Å². The first kappa shape index (κ1) is 8.01. The monoisotopic (exact) mass is 162 g/mol. The average Bonchev–Trinajstić information content (AvgIpc) is 1.56. The summed E-state index contributed by atoms with van der Waals surface area (Å²) in [5.41, 5.74) is 0. The Labute approximate surface area is 61.9 Å². The molecule has 3 nitrogen and oxygen atoms in total. The van der Waals surface area contributed by atoms with Gasteiger partial charge in [0.05, 0.1) is 5.75 Å². The number of hydrogen-bond donors (Lipinski definition) is 0. The van der Waals surface area contributed by atoms with Crippen molar-refractivity contribution in [2.75, 3.05) is 31.6 Å². The maximum atomic E-state index is 10.6. The minimum atomic E-state index is -2.75.